The third kappa shape index (κ3) is 6.00. The van der Waals surface area contributed by atoms with E-state index in [2.05, 4.69) is 0 Å². The number of esters is 4. The monoisotopic (exact) mass is 460 g/mol. The Bertz CT molecular complexity index is 1020. The summed E-state index contributed by atoms with van der Waals surface area (Å²) < 4.78 is 40.6. The molecule has 0 bridgehead atoms. The summed E-state index contributed by atoms with van der Waals surface area (Å²) in [6.45, 7) is 3.63. The average Bonchev–Trinajstić information content (AvgIpc) is 2.65. The molecule has 1 saturated heterocycles. The van der Waals surface area contributed by atoms with Crippen LogP contribution in [-0.2, 0) is 42.9 Å². The summed E-state index contributed by atoms with van der Waals surface area (Å²) in [5, 5.41) is 0. The van der Waals surface area contributed by atoms with E-state index in [4.69, 9.17) is 23.7 Å². The van der Waals surface area contributed by atoms with Crippen LogP contribution in [0.2, 0.25) is 0 Å². The van der Waals surface area contributed by atoms with Crippen LogP contribution in [-0.4, -0.2) is 64.5 Å². The molecule has 0 saturated carbocycles. The van der Waals surface area contributed by atoms with Gasteiger partial charge in [-0.05, 0) is 0 Å². The zero-order chi connectivity index (χ0) is 24.2. The maximum absolute atomic E-state index is 13.9. The van der Waals surface area contributed by atoms with Crippen molar-refractivity contribution < 1.29 is 47.3 Å². The number of nitrogens with zero attached hydrogens (tertiary/aromatic N) is 1. The van der Waals surface area contributed by atoms with Gasteiger partial charge in [-0.2, -0.15) is 4.39 Å². The molecule has 0 aliphatic carbocycles. The molecule has 5 atom stereocenters. The lowest BCUT2D eigenvalue weighted by Crippen LogP contribution is -2.61. The number of H-pyrrole nitrogens is 1. The van der Waals surface area contributed by atoms with Crippen LogP contribution in [0, 0.1) is 5.82 Å². The Balaban J connectivity index is 2.65. The lowest BCUT2D eigenvalue weighted by molar-refractivity contribution is -0.269. The smallest absolute Gasteiger partial charge is 0.330 e. The van der Waals surface area contributed by atoms with Crippen molar-refractivity contribution in [2.24, 2.45) is 0 Å². The van der Waals surface area contributed by atoms with Gasteiger partial charge in [-0.1, -0.05) is 0 Å². The van der Waals surface area contributed by atoms with Crippen molar-refractivity contribution in [3.05, 3.63) is 32.9 Å². The molecular formula is C18H21FN2O11. The minimum atomic E-state index is -1.67. The number of rotatable bonds is 6. The van der Waals surface area contributed by atoms with Crippen LogP contribution in [0.1, 0.15) is 33.9 Å². The van der Waals surface area contributed by atoms with Crippen LogP contribution in [0.4, 0.5) is 4.39 Å². The van der Waals surface area contributed by atoms with E-state index >= 15 is 0 Å². The van der Waals surface area contributed by atoms with Gasteiger partial charge in [-0.3, -0.25) is 33.5 Å². The highest BCUT2D eigenvalue weighted by Gasteiger charge is 2.53. The van der Waals surface area contributed by atoms with E-state index in [1.807, 2.05) is 0 Å². The van der Waals surface area contributed by atoms with Gasteiger partial charge in [0.05, 0.1) is 6.20 Å². The zero-order valence-electron chi connectivity index (χ0n) is 17.5. The van der Waals surface area contributed by atoms with Gasteiger partial charge in [0.25, 0.3) is 5.56 Å². The average molecular weight is 460 g/mol. The summed E-state index contributed by atoms with van der Waals surface area (Å²) in [7, 11) is 0. The fourth-order valence-corrected chi connectivity index (χ4v) is 3.08. The fourth-order valence-electron chi connectivity index (χ4n) is 3.08. The Labute approximate surface area is 179 Å². The number of carbonyl (C=O) groups excluding carboxylic acids is 4. The highest BCUT2D eigenvalue weighted by molar-refractivity contribution is 5.68. The second-order valence-electron chi connectivity index (χ2n) is 6.73. The number of aromatic nitrogens is 2. The van der Waals surface area contributed by atoms with Crippen LogP contribution in [0.25, 0.3) is 0 Å². The van der Waals surface area contributed by atoms with Crippen molar-refractivity contribution in [2.45, 2.75) is 58.3 Å². The Kier molecular flexibility index (Phi) is 7.86. The summed E-state index contributed by atoms with van der Waals surface area (Å²) in [5.74, 6) is -4.71. The van der Waals surface area contributed by atoms with Gasteiger partial charge < -0.3 is 23.7 Å². The van der Waals surface area contributed by atoms with E-state index < -0.39 is 78.2 Å². The van der Waals surface area contributed by atoms with Crippen LogP contribution in [0.5, 0.6) is 0 Å². The molecule has 0 amide bonds. The number of nitrogens with one attached hydrogen (secondary N) is 1. The minimum absolute atomic E-state index is 0.502. The third-order valence-corrected chi connectivity index (χ3v) is 4.16. The largest absolute Gasteiger partial charge is 0.463 e. The van der Waals surface area contributed by atoms with Gasteiger partial charge >= 0.3 is 29.6 Å². The minimum Gasteiger partial charge on any atom is -0.463 e. The maximum atomic E-state index is 13.9. The summed E-state index contributed by atoms with van der Waals surface area (Å²) in [6, 6.07) is 0. The SMILES string of the molecule is CC(=O)OC[C@@H]1O[C@H](n2cc(F)c(=O)[nH]c2=O)[C@H](OC(C)=O)[C@H](OC(C)=O)[C@@H]1OC(C)=O. The molecule has 32 heavy (non-hydrogen) atoms. The molecule has 13 nitrogen and oxygen atoms in total. The lowest BCUT2D eigenvalue weighted by atomic mass is 9.97. The van der Waals surface area contributed by atoms with Crippen molar-refractivity contribution in [1.29, 1.82) is 0 Å². The predicted molar refractivity (Wildman–Crippen MR) is 98.5 cm³/mol. The second-order valence-corrected chi connectivity index (χ2v) is 6.73. The highest BCUT2D eigenvalue weighted by Crippen LogP contribution is 2.34. The first kappa shape index (κ1) is 24.7. The molecule has 1 fully saturated rings. The molecule has 0 aromatic carbocycles. The van der Waals surface area contributed by atoms with Gasteiger partial charge in [0, 0.05) is 27.7 Å². The van der Waals surface area contributed by atoms with Gasteiger partial charge in [0.2, 0.25) is 5.82 Å². The maximum Gasteiger partial charge on any atom is 0.330 e. The van der Waals surface area contributed by atoms with E-state index in [1.54, 1.807) is 4.98 Å². The fraction of sp³-hybridized carbons (Fsp3) is 0.556. The summed E-state index contributed by atoms with van der Waals surface area (Å²) in [6.07, 6.45) is -7.14. The van der Waals surface area contributed by atoms with Gasteiger partial charge in [0.15, 0.2) is 24.5 Å². The van der Waals surface area contributed by atoms with Crippen molar-refractivity contribution in [2.75, 3.05) is 6.61 Å². The molecule has 1 aromatic rings. The molecule has 0 spiro atoms. The first-order valence-corrected chi connectivity index (χ1v) is 9.22. The molecular weight excluding hydrogens is 439 g/mol. The molecule has 2 rings (SSSR count). The Hall–Kier alpha value is -3.55. The van der Waals surface area contributed by atoms with Crippen LogP contribution >= 0.6 is 0 Å². The van der Waals surface area contributed by atoms with Crippen LogP contribution in [0.3, 0.4) is 0 Å². The molecule has 0 radical (unpaired) electrons. The number of hydrogen-bond donors (Lipinski definition) is 1. The molecule has 1 aliphatic rings. The quantitative estimate of drug-likeness (QED) is 0.405. The first-order chi connectivity index (χ1) is 14.9. The van der Waals surface area contributed by atoms with Gasteiger partial charge in [0.1, 0.15) is 12.7 Å². The Morgan fingerprint density at radius 1 is 0.938 bits per heavy atom. The van der Waals surface area contributed by atoms with E-state index in [1.165, 1.54) is 0 Å². The predicted octanol–water partition coefficient (Wildman–Crippen LogP) is -1.07. The summed E-state index contributed by atoms with van der Waals surface area (Å²) in [4.78, 5) is 71.9. The standard InChI is InChI=1S/C18H21FN2O11/c1-7(22)28-6-12-13(29-8(2)23)14(30-9(3)24)15(31-10(4)25)17(32-12)21-5-11(19)16(26)20-18(21)27/h5,12-15,17H,6H2,1-4H3,(H,20,26,27)/t12-,13+,14+,15+,17-/m0/s1. The molecule has 1 aromatic heterocycles. The third-order valence-electron chi connectivity index (χ3n) is 4.16. The van der Waals surface area contributed by atoms with Gasteiger partial charge in [-0.15, -0.1) is 0 Å². The molecule has 14 heteroatoms. The Morgan fingerprint density at radius 2 is 1.47 bits per heavy atom. The first-order valence-electron chi connectivity index (χ1n) is 9.22. The summed E-state index contributed by atoms with van der Waals surface area (Å²) in [5.41, 5.74) is -2.45. The number of ether oxygens (including phenoxy) is 5. The Morgan fingerprint density at radius 3 is 2.00 bits per heavy atom. The zero-order valence-corrected chi connectivity index (χ0v) is 17.5. The van der Waals surface area contributed by atoms with E-state index in [9.17, 15) is 33.2 Å². The molecule has 2 heterocycles. The molecule has 176 valence electrons. The van der Waals surface area contributed by atoms with E-state index in [0.29, 0.717) is 10.8 Å². The topological polar surface area (TPSA) is 169 Å². The second kappa shape index (κ2) is 10.2. The van der Waals surface area contributed by atoms with E-state index in [-0.39, 0.29) is 0 Å². The van der Waals surface area contributed by atoms with E-state index in [0.717, 1.165) is 27.7 Å². The molecule has 0 unspecified atom stereocenters. The van der Waals surface area contributed by atoms with Crippen molar-refractivity contribution >= 4 is 23.9 Å². The van der Waals surface area contributed by atoms with Crippen molar-refractivity contribution in [3.8, 4) is 0 Å². The van der Waals surface area contributed by atoms with Crippen LogP contribution in [0.15, 0.2) is 15.8 Å². The van der Waals surface area contributed by atoms with Crippen molar-refractivity contribution in [3.63, 3.8) is 0 Å². The normalized spacial score (nSPS) is 24.8. The number of hydrogen-bond acceptors (Lipinski definition) is 11. The lowest BCUT2D eigenvalue weighted by Gasteiger charge is -2.44. The number of halogens is 1. The summed E-state index contributed by atoms with van der Waals surface area (Å²) >= 11 is 0. The van der Waals surface area contributed by atoms with Crippen LogP contribution < -0.4 is 11.2 Å². The van der Waals surface area contributed by atoms with Gasteiger partial charge in [-0.25, -0.2) is 4.79 Å². The molecule has 1 aliphatic heterocycles. The number of aromatic amines is 1. The highest BCUT2D eigenvalue weighted by atomic mass is 19.1. The van der Waals surface area contributed by atoms with Crippen molar-refractivity contribution in [1.82, 2.24) is 9.55 Å². The number of carbonyl (C=O) groups is 4. The molecule has 1 N–H and O–H groups in total.